The van der Waals surface area contributed by atoms with E-state index in [1.807, 2.05) is 0 Å². The number of hydrogen-bond donors (Lipinski definition) is 2. The van der Waals surface area contributed by atoms with Crippen molar-refractivity contribution in [3.05, 3.63) is 50.3 Å². The summed E-state index contributed by atoms with van der Waals surface area (Å²) in [5, 5.41) is 35.1. The Morgan fingerprint density at radius 2 is 1.65 bits per heavy atom. The monoisotopic (exact) mass is 478 g/mol. The molecular weight excluding hydrogens is 459 g/mol. The van der Waals surface area contributed by atoms with Gasteiger partial charge in [0.15, 0.2) is 5.69 Å². The number of carbonyl (C=O) groups is 2. The normalized spacial score (nSPS) is 10.6. The molecule has 0 unspecified atom stereocenters. The smallest absolute Gasteiger partial charge is 0.311 e. The summed E-state index contributed by atoms with van der Waals surface area (Å²) in [6, 6.07) is 3.71. The molecule has 0 atom stereocenters. The topological polar surface area (TPSA) is 188 Å². The number of amides is 1. The Hall–Kier alpha value is -4.69. The molecule has 34 heavy (non-hydrogen) atoms. The van der Waals surface area contributed by atoms with Crippen LogP contribution in [-0.2, 0) is 14.3 Å². The Kier molecular flexibility index (Phi) is 8.47. The zero-order chi connectivity index (χ0) is 25.4. The lowest BCUT2D eigenvalue weighted by Crippen LogP contribution is -2.11. The number of ether oxygens (including phenoxy) is 2. The van der Waals surface area contributed by atoms with Crippen molar-refractivity contribution < 1.29 is 33.3 Å². The summed E-state index contributed by atoms with van der Waals surface area (Å²) in [5.41, 5.74) is -2.04. The first-order valence-corrected chi connectivity index (χ1v) is 9.41. The Balaban J connectivity index is 2.50. The minimum Gasteiger partial charge on any atom is -0.495 e. The number of nitro groups is 2. The highest BCUT2D eigenvalue weighted by Gasteiger charge is 2.25. The standard InChI is InChI=1S/C19H19FN6O8/c1-10(27)22-12-7-15(21-5-4-19(28)34-3)18(33-2)8-13(12)23-24-14-6-11(20)16(25(29)30)9-17(14)26(31)32/h6-9,21H,4-5H2,1-3H3,(H,22,27). The molecule has 0 aliphatic carbocycles. The molecule has 180 valence electrons. The van der Waals surface area contributed by atoms with Crippen LogP contribution < -0.4 is 15.4 Å². The number of nitro benzene ring substituents is 2. The molecule has 0 aliphatic rings. The molecule has 15 heteroatoms. The van der Waals surface area contributed by atoms with Gasteiger partial charge in [0.25, 0.3) is 0 Å². The summed E-state index contributed by atoms with van der Waals surface area (Å²) in [4.78, 5) is 43.0. The van der Waals surface area contributed by atoms with Crippen LogP contribution in [0.25, 0.3) is 0 Å². The Bertz CT molecular complexity index is 1170. The molecule has 0 spiro atoms. The molecule has 1 amide bonds. The number of nitrogens with one attached hydrogen (secondary N) is 2. The highest BCUT2D eigenvalue weighted by molar-refractivity contribution is 5.93. The quantitative estimate of drug-likeness (QED) is 0.220. The summed E-state index contributed by atoms with van der Waals surface area (Å²) in [7, 11) is 2.59. The maximum absolute atomic E-state index is 14.0. The number of benzene rings is 2. The van der Waals surface area contributed by atoms with Crippen molar-refractivity contribution in [1.29, 1.82) is 0 Å². The van der Waals surface area contributed by atoms with Gasteiger partial charge in [0.2, 0.25) is 11.7 Å². The summed E-state index contributed by atoms with van der Waals surface area (Å²) < 4.78 is 23.8. The van der Waals surface area contributed by atoms with Gasteiger partial charge in [-0.05, 0) is 6.07 Å². The Labute approximate surface area is 191 Å². The van der Waals surface area contributed by atoms with E-state index in [-0.39, 0.29) is 30.1 Å². The van der Waals surface area contributed by atoms with E-state index < -0.39 is 44.6 Å². The van der Waals surface area contributed by atoms with Crippen LogP contribution in [0.2, 0.25) is 0 Å². The van der Waals surface area contributed by atoms with Crippen LogP contribution in [0.5, 0.6) is 5.75 Å². The highest BCUT2D eigenvalue weighted by atomic mass is 19.1. The van der Waals surface area contributed by atoms with Crippen molar-refractivity contribution in [3.8, 4) is 5.75 Å². The Morgan fingerprint density at radius 3 is 2.21 bits per heavy atom. The van der Waals surface area contributed by atoms with Crippen LogP contribution in [0.1, 0.15) is 13.3 Å². The van der Waals surface area contributed by atoms with E-state index in [1.165, 1.54) is 33.3 Å². The van der Waals surface area contributed by atoms with Gasteiger partial charge in [0, 0.05) is 25.6 Å². The van der Waals surface area contributed by atoms with Gasteiger partial charge in [-0.1, -0.05) is 0 Å². The van der Waals surface area contributed by atoms with E-state index in [0.29, 0.717) is 17.8 Å². The maximum Gasteiger partial charge on any atom is 0.311 e. The zero-order valence-corrected chi connectivity index (χ0v) is 18.2. The molecule has 2 aromatic rings. The second kappa shape index (κ2) is 11.3. The molecule has 2 rings (SSSR count). The fourth-order valence-electron chi connectivity index (χ4n) is 2.66. The number of hydrogen-bond acceptors (Lipinski definition) is 11. The molecule has 0 heterocycles. The number of rotatable bonds is 10. The van der Waals surface area contributed by atoms with Gasteiger partial charge in [-0.2, -0.15) is 4.39 Å². The average Bonchev–Trinajstić information content (AvgIpc) is 2.77. The number of azo groups is 1. The molecule has 0 saturated heterocycles. The largest absolute Gasteiger partial charge is 0.495 e. The fourth-order valence-corrected chi connectivity index (χ4v) is 2.66. The van der Waals surface area contributed by atoms with Crippen molar-refractivity contribution in [2.45, 2.75) is 13.3 Å². The van der Waals surface area contributed by atoms with Crippen molar-refractivity contribution in [2.24, 2.45) is 10.2 Å². The van der Waals surface area contributed by atoms with Crippen molar-refractivity contribution in [3.63, 3.8) is 0 Å². The molecule has 14 nitrogen and oxygen atoms in total. The number of methoxy groups -OCH3 is 2. The lowest BCUT2D eigenvalue weighted by atomic mass is 10.2. The van der Waals surface area contributed by atoms with Crippen LogP contribution in [0.15, 0.2) is 34.5 Å². The summed E-state index contributed by atoms with van der Waals surface area (Å²) >= 11 is 0. The molecule has 0 aromatic heterocycles. The van der Waals surface area contributed by atoms with Gasteiger partial charge in [-0.3, -0.25) is 29.8 Å². The van der Waals surface area contributed by atoms with E-state index in [2.05, 4.69) is 25.6 Å². The third kappa shape index (κ3) is 6.41. The highest BCUT2D eigenvalue weighted by Crippen LogP contribution is 2.39. The number of halogens is 1. The van der Waals surface area contributed by atoms with Crippen LogP contribution in [-0.4, -0.2) is 42.5 Å². The third-order valence-electron chi connectivity index (χ3n) is 4.20. The van der Waals surface area contributed by atoms with Crippen LogP contribution in [0.4, 0.5) is 38.5 Å². The first-order chi connectivity index (χ1) is 16.1. The molecule has 2 aromatic carbocycles. The van der Waals surface area contributed by atoms with Crippen molar-refractivity contribution in [1.82, 2.24) is 0 Å². The number of nitrogens with zero attached hydrogens (tertiary/aromatic N) is 4. The maximum atomic E-state index is 14.0. The molecule has 0 saturated carbocycles. The van der Waals surface area contributed by atoms with Gasteiger partial charge in [0.05, 0.1) is 47.9 Å². The summed E-state index contributed by atoms with van der Waals surface area (Å²) in [6.07, 6.45) is 0.0476. The van der Waals surface area contributed by atoms with E-state index in [4.69, 9.17) is 4.74 Å². The SMILES string of the molecule is COC(=O)CCNc1cc(NC(C)=O)c(N=Nc2cc(F)c([N+](=O)[O-])cc2[N+](=O)[O-])cc1OC. The minimum absolute atomic E-state index is 0.0152. The van der Waals surface area contributed by atoms with Crippen molar-refractivity contribution >= 4 is 46.0 Å². The molecule has 0 radical (unpaired) electrons. The molecular formula is C19H19FN6O8. The number of anilines is 2. The molecule has 2 N–H and O–H groups in total. The second-order valence-electron chi connectivity index (χ2n) is 6.51. The lowest BCUT2D eigenvalue weighted by molar-refractivity contribution is -0.395. The van der Waals surface area contributed by atoms with E-state index in [0.717, 1.165) is 0 Å². The average molecular weight is 478 g/mol. The van der Waals surface area contributed by atoms with Crippen LogP contribution in [0.3, 0.4) is 0 Å². The van der Waals surface area contributed by atoms with E-state index >= 15 is 0 Å². The van der Waals surface area contributed by atoms with Crippen LogP contribution >= 0.6 is 0 Å². The number of esters is 1. The van der Waals surface area contributed by atoms with Gasteiger partial charge in [-0.15, -0.1) is 10.2 Å². The number of carbonyl (C=O) groups excluding carboxylic acids is 2. The van der Waals surface area contributed by atoms with Crippen LogP contribution in [0, 0.1) is 26.0 Å². The molecule has 0 fully saturated rings. The predicted molar refractivity (Wildman–Crippen MR) is 116 cm³/mol. The molecule has 0 bridgehead atoms. The fraction of sp³-hybridized carbons (Fsp3) is 0.263. The first kappa shape index (κ1) is 25.6. The van der Waals surface area contributed by atoms with Gasteiger partial charge in [-0.25, -0.2) is 0 Å². The Morgan fingerprint density at radius 1 is 1.00 bits per heavy atom. The second-order valence-corrected chi connectivity index (χ2v) is 6.51. The summed E-state index contributed by atoms with van der Waals surface area (Å²) in [6.45, 7) is 1.41. The van der Waals surface area contributed by atoms with E-state index in [1.54, 1.807) is 0 Å². The van der Waals surface area contributed by atoms with Gasteiger partial charge < -0.3 is 20.1 Å². The van der Waals surface area contributed by atoms with Crippen molar-refractivity contribution in [2.75, 3.05) is 31.4 Å². The first-order valence-electron chi connectivity index (χ1n) is 9.41. The third-order valence-corrected chi connectivity index (χ3v) is 4.20. The predicted octanol–water partition coefficient (Wildman–Crippen LogP) is 4.00. The minimum atomic E-state index is -1.34. The summed E-state index contributed by atoms with van der Waals surface area (Å²) in [5.74, 6) is -2.04. The van der Waals surface area contributed by atoms with E-state index in [9.17, 15) is 34.2 Å². The lowest BCUT2D eigenvalue weighted by Gasteiger charge is -2.14. The van der Waals surface area contributed by atoms with Gasteiger partial charge >= 0.3 is 17.3 Å². The molecule has 0 aliphatic heterocycles. The van der Waals surface area contributed by atoms with Gasteiger partial charge in [0.1, 0.15) is 11.4 Å². The zero-order valence-electron chi connectivity index (χ0n) is 18.2.